The number of fused-ring (bicyclic) bond motifs is 3. The third-order valence-corrected chi connectivity index (χ3v) is 9.55. The summed E-state index contributed by atoms with van der Waals surface area (Å²) in [6.07, 6.45) is 5.93. The highest BCUT2D eigenvalue weighted by Gasteiger charge is 2.61. The minimum absolute atomic E-state index is 0.0529. The number of hydrogen-bond acceptors (Lipinski definition) is 7. The van der Waals surface area contributed by atoms with E-state index in [1.165, 1.54) is 20.8 Å². The fraction of sp³-hybridized carbons (Fsp3) is 0.629. The monoisotopic (exact) mass is 654 g/mol. The fourth-order valence-electron chi connectivity index (χ4n) is 7.10. The van der Waals surface area contributed by atoms with Gasteiger partial charge in [0.05, 0.1) is 24.5 Å². The van der Waals surface area contributed by atoms with Crippen LogP contribution in [0.25, 0.3) is 0 Å². The van der Waals surface area contributed by atoms with E-state index in [1.54, 1.807) is 47.0 Å². The zero-order chi connectivity index (χ0) is 34.1. The summed E-state index contributed by atoms with van der Waals surface area (Å²) in [5, 5.41) is 2.73. The molecule has 0 aromatic heterocycles. The van der Waals surface area contributed by atoms with Gasteiger partial charge in [0.2, 0.25) is 11.8 Å². The predicted octanol–water partition coefficient (Wildman–Crippen LogP) is 4.71. The minimum Gasteiger partial charge on any atom is -0.444 e. The van der Waals surface area contributed by atoms with Crippen LogP contribution in [0.4, 0.5) is 14.0 Å². The average Bonchev–Trinajstić information content (AvgIpc) is 3.29. The Kier molecular flexibility index (Phi) is 9.98. The van der Waals surface area contributed by atoms with Crippen LogP contribution in [0.5, 0.6) is 0 Å². The van der Waals surface area contributed by atoms with Crippen LogP contribution in [0.15, 0.2) is 30.4 Å². The van der Waals surface area contributed by atoms with Crippen LogP contribution in [0, 0.1) is 17.2 Å². The highest BCUT2D eigenvalue weighted by atomic mass is 19.1. The van der Waals surface area contributed by atoms with Crippen molar-refractivity contribution in [3.05, 3.63) is 47.3 Å². The number of allylic oxidation sites excluding steroid dienone is 2. The number of carbonyl (C=O) groups is 5. The number of amides is 4. The van der Waals surface area contributed by atoms with Crippen molar-refractivity contribution in [2.45, 2.75) is 109 Å². The van der Waals surface area contributed by atoms with Crippen molar-refractivity contribution in [2.24, 2.45) is 11.3 Å². The molecule has 0 spiro atoms. The normalized spacial score (nSPS) is 28.6. The van der Waals surface area contributed by atoms with Gasteiger partial charge >= 0.3 is 12.2 Å². The van der Waals surface area contributed by atoms with Crippen molar-refractivity contribution < 1.29 is 37.8 Å². The molecule has 1 saturated heterocycles. The van der Waals surface area contributed by atoms with Crippen LogP contribution in [0.3, 0.4) is 0 Å². The van der Waals surface area contributed by atoms with Gasteiger partial charge in [-0.3, -0.25) is 19.3 Å². The van der Waals surface area contributed by atoms with E-state index >= 15 is 0 Å². The summed E-state index contributed by atoms with van der Waals surface area (Å²) in [6.45, 7) is 5.39. The number of rotatable bonds is 3. The standard InChI is InChI=1S/C35H47FN4O7/c1-34(2,3)47-32(44)37-27-15-10-8-6-7-9-13-23-17-35(23,31(43)38(4)5)18-29(41)28-16-24(20-40(28)30(27)42)46-33(45)39-19-22-12-11-14-26(36)25(22)21-39/h9,11-14,23-24,27-28H,6-8,10,15-21H2,1-5H3,(H,37,44)/b13-9-/t23-,24-,27+,28+,35-/m1/s1. The molecular formula is C35H47FN4O7. The van der Waals surface area contributed by atoms with Crippen LogP contribution in [-0.2, 0) is 36.9 Å². The van der Waals surface area contributed by atoms with Crippen LogP contribution in [-0.4, -0.2) is 88.9 Å². The number of ketones is 1. The van der Waals surface area contributed by atoms with E-state index in [4.69, 9.17) is 9.47 Å². The Labute approximate surface area is 275 Å². The summed E-state index contributed by atoms with van der Waals surface area (Å²) in [5.74, 6) is -1.35. The third kappa shape index (κ3) is 7.79. The van der Waals surface area contributed by atoms with Gasteiger partial charge in [-0.25, -0.2) is 14.0 Å². The van der Waals surface area contributed by atoms with E-state index in [-0.39, 0.29) is 50.1 Å². The van der Waals surface area contributed by atoms with E-state index in [2.05, 4.69) is 11.4 Å². The quantitative estimate of drug-likeness (QED) is 0.468. The molecule has 4 aliphatic rings. The number of carbonyl (C=O) groups excluding carboxylic acids is 5. The first-order valence-corrected chi connectivity index (χ1v) is 16.6. The summed E-state index contributed by atoms with van der Waals surface area (Å²) >= 11 is 0. The molecule has 256 valence electrons. The number of ether oxygens (including phenoxy) is 2. The summed E-state index contributed by atoms with van der Waals surface area (Å²) < 4.78 is 25.7. The molecule has 11 nitrogen and oxygen atoms in total. The first-order valence-electron chi connectivity index (χ1n) is 16.6. The molecule has 0 bridgehead atoms. The second-order valence-electron chi connectivity index (χ2n) is 14.6. The SMILES string of the molecule is CN(C)C(=O)[C@]12CC(=O)[C@@H]3C[C@@H](OC(=O)N4Cc5cccc(F)c5C4)CN3C(=O)[C@@H](NC(=O)OC(C)(C)C)CCCCC/C=C\[C@@H]1C2. The molecule has 3 heterocycles. The number of hydrogen-bond donors (Lipinski definition) is 1. The molecule has 1 aromatic rings. The molecule has 12 heteroatoms. The molecule has 3 aliphatic heterocycles. The second kappa shape index (κ2) is 13.6. The summed E-state index contributed by atoms with van der Waals surface area (Å²) in [4.78, 5) is 72.2. The molecular weight excluding hydrogens is 607 g/mol. The molecule has 1 saturated carbocycles. The lowest BCUT2D eigenvalue weighted by Crippen LogP contribution is -2.53. The van der Waals surface area contributed by atoms with Gasteiger partial charge in [-0.05, 0) is 64.0 Å². The molecule has 2 fully saturated rings. The van der Waals surface area contributed by atoms with E-state index in [9.17, 15) is 28.4 Å². The molecule has 4 amide bonds. The van der Waals surface area contributed by atoms with Crippen molar-refractivity contribution in [3.8, 4) is 0 Å². The molecule has 1 N–H and O–H groups in total. The number of nitrogens with one attached hydrogen (secondary N) is 1. The lowest BCUT2D eigenvalue weighted by Gasteiger charge is -2.30. The highest BCUT2D eigenvalue weighted by Crippen LogP contribution is 2.57. The van der Waals surface area contributed by atoms with Crippen LogP contribution < -0.4 is 5.32 Å². The lowest BCUT2D eigenvalue weighted by atomic mass is 9.90. The van der Waals surface area contributed by atoms with Gasteiger partial charge in [0, 0.05) is 39.0 Å². The van der Waals surface area contributed by atoms with Crippen molar-refractivity contribution in [2.75, 3.05) is 20.6 Å². The predicted molar refractivity (Wildman–Crippen MR) is 170 cm³/mol. The van der Waals surface area contributed by atoms with E-state index in [0.717, 1.165) is 19.3 Å². The summed E-state index contributed by atoms with van der Waals surface area (Å²) in [5.41, 5.74) is -0.530. The van der Waals surface area contributed by atoms with Crippen LogP contribution in [0.1, 0.15) is 83.3 Å². The Bertz CT molecular complexity index is 1440. The Balaban J connectivity index is 1.39. The maximum Gasteiger partial charge on any atom is 0.410 e. The second-order valence-corrected chi connectivity index (χ2v) is 14.6. The van der Waals surface area contributed by atoms with Crippen molar-refractivity contribution in [1.82, 2.24) is 20.0 Å². The van der Waals surface area contributed by atoms with Gasteiger partial charge in [-0.1, -0.05) is 37.1 Å². The minimum atomic E-state index is -0.961. The Morgan fingerprint density at radius 3 is 2.55 bits per heavy atom. The molecule has 5 atom stereocenters. The smallest absolute Gasteiger partial charge is 0.410 e. The Morgan fingerprint density at radius 1 is 1.09 bits per heavy atom. The van der Waals surface area contributed by atoms with Gasteiger partial charge < -0.3 is 24.6 Å². The summed E-state index contributed by atoms with van der Waals surface area (Å²) in [6, 6.07) is 2.79. The fourth-order valence-corrected chi connectivity index (χ4v) is 7.10. The zero-order valence-electron chi connectivity index (χ0n) is 28.1. The van der Waals surface area contributed by atoms with Crippen LogP contribution >= 0.6 is 0 Å². The van der Waals surface area contributed by atoms with Gasteiger partial charge in [0.25, 0.3) is 0 Å². The summed E-state index contributed by atoms with van der Waals surface area (Å²) in [7, 11) is 3.35. The van der Waals surface area contributed by atoms with Crippen molar-refractivity contribution >= 4 is 29.8 Å². The molecule has 1 aliphatic carbocycles. The molecule has 47 heavy (non-hydrogen) atoms. The number of benzene rings is 1. The van der Waals surface area contributed by atoms with Crippen molar-refractivity contribution in [3.63, 3.8) is 0 Å². The number of alkyl carbamates (subject to hydrolysis) is 1. The van der Waals surface area contributed by atoms with E-state index in [1.807, 2.05) is 6.08 Å². The number of Topliss-reactive ketones (excluding diaryl/α,β-unsaturated/α-hetero) is 1. The topological polar surface area (TPSA) is 126 Å². The molecule has 1 aromatic carbocycles. The number of halogens is 1. The highest BCUT2D eigenvalue weighted by molar-refractivity contribution is 5.97. The Hall–Kier alpha value is -3.96. The van der Waals surface area contributed by atoms with Gasteiger partial charge in [0.1, 0.15) is 23.6 Å². The molecule has 0 unspecified atom stereocenters. The van der Waals surface area contributed by atoms with Gasteiger partial charge in [-0.15, -0.1) is 0 Å². The van der Waals surface area contributed by atoms with E-state index < -0.39 is 53.1 Å². The lowest BCUT2D eigenvalue weighted by molar-refractivity contribution is -0.142. The van der Waals surface area contributed by atoms with Crippen molar-refractivity contribution in [1.29, 1.82) is 0 Å². The van der Waals surface area contributed by atoms with Gasteiger partial charge in [-0.2, -0.15) is 0 Å². The third-order valence-electron chi connectivity index (χ3n) is 9.55. The average molecular weight is 655 g/mol. The maximum absolute atomic E-state index is 14.4. The largest absolute Gasteiger partial charge is 0.444 e. The maximum atomic E-state index is 14.4. The Morgan fingerprint density at radius 2 is 1.85 bits per heavy atom. The first kappa shape index (κ1) is 34.4. The van der Waals surface area contributed by atoms with Crippen LogP contribution in [0.2, 0.25) is 0 Å². The first-order chi connectivity index (χ1) is 22.2. The van der Waals surface area contributed by atoms with E-state index in [0.29, 0.717) is 30.4 Å². The van der Waals surface area contributed by atoms with Gasteiger partial charge in [0.15, 0.2) is 5.78 Å². The molecule has 5 rings (SSSR count). The zero-order valence-corrected chi connectivity index (χ0v) is 28.1. The number of nitrogens with zero attached hydrogens (tertiary/aromatic N) is 3. The molecule has 0 radical (unpaired) electrons.